The van der Waals surface area contributed by atoms with Crippen molar-refractivity contribution >= 4 is 60.9 Å². The Morgan fingerprint density at radius 2 is 1.70 bits per heavy atom. The molecule has 0 N–H and O–H groups in total. The Kier molecular flexibility index (Phi) is 10.4. The number of nitro benzene ring substituents is 1. The molecule has 1 atom stereocenters. The standard InChI is InChI=1S/C32H27Br2N3O8S/c1-4-43-25-11-8-20(15-26(25)44-5-2)28-22(31(39)42-3)16-35-32-36(28)30(38)27(46-32)14-19-12-23(33)29(24(34)13-19)45-17-18-6-9-21(10-7-18)37(40)41/h6-16,28H,4-5,17H2,1-3H3/b27-14-/t28-/m1/s1. The van der Waals surface area contributed by atoms with Crippen molar-refractivity contribution in [1.29, 1.82) is 0 Å². The molecular weight excluding hydrogens is 746 g/mol. The molecule has 0 radical (unpaired) electrons. The van der Waals surface area contributed by atoms with Crippen LogP contribution in [0.5, 0.6) is 17.2 Å². The predicted octanol–water partition coefficient (Wildman–Crippen LogP) is 5.83. The Morgan fingerprint density at radius 3 is 2.33 bits per heavy atom. The topological polar surface area (TPSA) is 131 Å². The zero-order valence-corrected chi connectivity index (χ0v) is 28.8. The van der Waals surface area contributed by atoms with Gasteiger partial charge >= 0.3 is 5.97 Å². The van der Waals surface area contributed by atoms with Crippen LogP contribution in [0.2, 0.25) is 0 Å². The maximum Gasteiger partial charge on any atom is 0.337 e. The Hall–Kier alpha value is -4.27. The zero-order valence-electron chi connectivity index (χ0n) is 24.8. The van der Waals surface area contributed by atoms with E-state index in [0.717, 1.165) is 5.56 Å². The molecule has 0 spiro atoms. The molecule has 0 bridgehead atoms. The van der Waals surface area contributed by atoms with Gasteiger partial charge in [0.1, 0.15) is 12.4 Å². The van der Waals surface area contributed by atoms with Crippen LogP contribution in [0, 0.1) is 10.1 Å². The Labute approximate surface area is 283 Å². The molecule has 0 saturated heterocycles. The van der Waals surface area contributed by atoms with Crippen LogP contribution in [0.1, 0.15) is 36.6 Å². The summed E-state index contributed by atoms with van der Waals surface area (Å²) in [7, 11) is 1.28. The van der Waals surface area contributed by atoms with E-state index >= 15 is 0 Å². The summed E-state index contributed by atoms with van der Waals surface area (Å²) < 4.78 is 25.7. The molecule has 0 aliphatic carbocycles. The number of nitro groups is 1. The normalized spacial score (nSPS) is 14.2. The van der Waals surface area contributed by atoms with Gasteiger partial charge in [0, 0.05) is 18.3 Å². The number of thiazole rings is 1. The quantitative estimate of drug-likeness (QED) is 0.106. The van der Waals surface area contributed by atoms with E-state index in [9.17, 15) is 19.7 Å². The van der Waals surface area contributed by atoms with Crippen molar-refractivity contribution in [3.8, 4) is 17.2 Å². The number of methoxy groups -OCH3 is 1. The number of esters is 1. The predicted molar refractivity (Wildman–Crippen MR) is 179 cm³/mol. The van der Waals surface area contributed by atoms with Gasteiger partial charge in [-0.3, -0.25) is 19.5 Å². The number of aromatic nitrogens is 1. The van der Waals surface area contributed by atoms with E-state index in [4.69, 9.17) is 18.9 Å². The molecule has 14 heteroatoms. The number of halogens is 2. The van der Waals surface area contributed by atoms with Crippen LogP contribution < -0.4 is 29.1 Å². The number of hydrogen-bond acceptors (Lipinski definition) is 10. The lowest BCUT2D eigenvalue weighted by molar-refractivity contribution is -0.384. The number of carbonyl (C=O) groups is 1. The second-order valence-corrected chi connectivity index (χ2v) is 12.5. The maximum atomic E-state index is 14.0. The van der Waals surface area contributed by atoms with E-state index in [-0.39, 0.29) is 23.4 Å². The number of fused-ring (bicyclic) bond motifs is 1. The van der Waals surface area contributed by atoms with Crippen molar-refractivity contribution in [3.63, 3.8) is 0 Å². The van der Waals surface area contributed by atoms with Crippen LogP contribution in [0.3, 0.4) is 0 Å². The molecule has 5 rings (SSSR count). The Bertz CT molecular complexity index is 2000. The van der Waals surface area contributed by atoms with Gasteiger partial charge in [0.25, 0.3) is 11.2 Å². The van der Waals surface area contributed by atoms with Crippen molar-refractivity contribution in [2.24, 2.45) is 4.99 Å². The first-order valence-electron chi connectivity index (χ1n) is 14.0. The summed E-state index contributed by atoms with van der Waals surface area (Å²) in [6.07, 6.45) is 3.18. The van der Waals surface area contributed by atoms with Crippen LogP contribution in [0.15, 0.2) is 85.1 Å². The van der Waals surface area contributed by atoms with Crippen LogP contribution in [-0.4, -0.2) is 35.8 Å². The van der Waals surface area contributed by atoms with Crippen LogP contribution in [-0.2, 0) is 16.1 Å². The monoisotopic (exact) mass is 771 g/mol. The number of non-ortho nitro benzene ring substituents is 1. The molecule has 0 fully saturated rings. The SMILES string of the molecule is CCOc1ccc([C@@H]2C(C(=O)OC)=CN=c3s/c(=C\c4cc(Br)c(OCc5ccc([N+](=O)[O-])cc5)c(Br)c4)c(=O)n32)cc1OCC. The fourth-order valence-electron chi connectivity index (χ4n) is 4.81. The van der Waals surface area contributed by atoms with E-state index in [1.165, 1.54) is 41.3 Å². The van der Waals surface area contributed by atoms with Gasteiger partial charge in [-0.1, -0.05) is 17.4 Å². The van der Waals surface area contributed by atoms with Crippen molar-refractivity contribution in [3.05, 3.63) is 122 Å². The minimum Gasteiger partial charge on any atom is -0.490 e. The Morgan fingerprint density at radius 1 is 1.02 bits per heavy atom. The maximum absolute atomic E-state index is 14.0. The molecular formula is C32H27Br2N3O8S. The van der Waals surface area contributed by atoms with E-state index < -0.39 is 16.9 Å². The summed E-state index contributed by atoms with van der Waals surface area (Å²) in [5, 5.41) is 10.9. The fourth-order valence-corrected chi connectivity index (χ4v) is 7.23. The molecule has 0 unspecified atom stereocenters. The second kappa shape index (κ2) is 14.4. The summed E-state index contributed by atoms with van der Waals surface area (Å²) >= 11 is 8.30. The average molecular weight is 773 g/mol. The molecule has 1 aromatic heterocycles. The van der Waals surface area contributed by atoms with Crippen molar-refractivity contribution in [2.45, 2.75) is 26.5 Å². The van der Waals surface area contributed by atoms with Crippen LogP contribution in [0.4, 0.5) is 5.69 Å². The third-order valence-corrected chi connectivity index (χ3v) is 9.03. The molecule has 3 aromatic carbocycles. The van der Waals surface area contributed by atoms with Gasteiger partial charge in [-0.05, 0) is 105 Å². The molecule has 0 amide bonds. The first-order chi connectivity index (χ1) is 22.1. The first kappa shape index (κ1) is 33.1. The largest absolute Gasteiger partial charge is 0.490 e. The number of rotatable bonds is 11. The summed E-state index contributed by atoms with van der Waals surface area (Å²) in [4.78, 5) is 42.1. The molecule has 238 valence electrons. The van der Waals surface area contributed by atoms with E-state index in [0.29, 0.717) is 59.9 Å². The first-order valence-corrected chi connectivity index (χ1v) is 16.4. The van der Waals surface area contributed by atoms with Crippen molar-refractivity contribution in [1.82, 2.24) is 4.57 Å². The lowest BCUT2D eigenvalue weighted by Gasteiger charge is -2.23. The minimum atomic E-state index is -0.811. The van der Waals surface area contributed by atoms with Crippen LogP contribution >= 0.6 is 43.2 Å². The highest BCUT2D eigenvalue weighted by atomic mass is 79.9. The number of nitrogens with zero attached hydrogens (tertiary/aromatic N) is 3. The summed E-state index contributed by atoms with van der Waals surface area (Å²) in [6, 6.07) is 14.3. The molecule has 11 nitrogen and oxygen atoms in total. The van der Waals surface area contributed by atoms with Gasteiger partial charge in [0.05, 0.1) is 50.3 Å². The summed E-state index contributed by atoms with van der Waals surface area (Å²) in [6.45, 7) is 4.77. The molecule has 1 aliphatic rings. The van der Waals surface area contributed by atoms with Crippen LogP contribution in [0.25, 0.3) is 6.08 Å². The van der Waals surface area contributed by atoms with E-state index in [2.05, 4.69) is 36.9 Å². The Balaban J connectivity index is 1.51. The van der Waals surface area contributed by atoms with Gasteiger partial charge < -0.3 is 18.9 Å². The smallest absolute Gasteiger partial charge is 0.337 e. The summed E-state index contributed by atoms with van der Waals surface area (Å²) in [5.41, 5.74) is 1.97. The third-order valence-electron chi connectivity index (χ3n) is 6.86. The number of benzene rings is 3. The highest BCUT2D eigenvalue weighted by Gasteiger charge is 2.31. The molecule has 2 heterocycles. The molecule has 1 aliphatic heterocycles. The number of hydrogen-bond donors (Lipinski definition) is 0. The lowest BCUT2D eigenvalue weighted by atomic mass is 9.97. The molecule has 4 aromatic rings. The average Bonchev–Trinajstić information content (AvgIpc) is 3.35. The minimum absolute atomic E-state index is 0.00308. The highest BCUT2D eigenvalue weighted by Crippen LogP contribution is 2.37. The zero-order chi connectivity index (χ0) is 33.0. The van der Waals surface area contributed by atoms with Gasteiger partial charge in [-0.2, -0.15) is 0 Å². The van der Waals surface area contributed by atoms with Crippen molar-refractivity contribution < 1.29 is 28.7 Å². The molecule has 46 heavy (non-hydrogen) atoms. The van der Waals surface area contributed by atoms with Crippen molar-refractivity contribution in [2.75, 3.05) is 20.3 Å². The third kappa shape index (κ3) is 6.93. The van der Waals surface area contributed by atoms with Gasteiger partial charge in [0.15, 0.2) is 16.3 Å². The van der Waals surface area contributed by atoms with Gasteiger partial charge in [0.2, 0.25) is 0 Å². The van der Waals surface area contributed by atoms with E-state index in [1.54, 1.807) is 36.4 Å². The summed E-state index contributed by atoms with van der Waals surface area (Å²) in [5.74, 6) is 0.976. The molecule has 0 saturated carbocycles. The number of ether oxygens (including phenoxy) is 4. The fraction of sp³-hybridized carbons (Fsp3) is 0.219. The second-order valence-electron chi connectivity index (χ2n) is 9.77. The van der Waals surface area contributed by atoms with E-state index in [1.807, 2.05) is 26.0 Å². The highest BCUT2D eigenvalue weighted by molar-refractivity contribution is 9.11. The lowest BCUT2D eigenvalue weighted by Crippen LogP contribution is -2.39. The number of carbonyl (C=O) groups excluding carboxylic acids is 1. The van der Waals surface area contributed by atoms with Gasteiger partial charge in [-0.15, -0.1) is 0 Å². The van der Waals surface area contributed by atoms with Gasteiger partial charge in [-0.25, -0.2) is 9.79 Å².